The number of ketones is 2. The summed E-state index contributed by atoms with van der Waals surface area (Å²) in [5.41, 5.74) is -2.19. The molecule has 2 aromatic rings. The Morgan fingerprint density at radius 2 is 1.12 bits per heavy atom. The summed E-state index contributed by atoms with van der Waals surface area (Å²) in [5, 5.41) is 36.7. The average Bonchev–Trinajstić information content (AvgIpc) is 3.06. The number of hydrogen-bond donors (Lipinski definition) is 4. The molecule has 15 heteroatoms. The highest BCUT2D eigenvalue weighted by molar-refractivity contribution is 6.02. The molecule has 0 saturated heterocycles. The van der Waals surface area contributed by atoms with Crippen LogP contribution in [0.15, 0.2) is 60.7 Å². The van der Waals surface area contributed by atoms with Crippen molar-refractivity contribution in [2.75, 3.05) is 33.5 Å². The number of carbonyl (C=O) groups excluding carboxylic acids is 4. The second-order valence-electron chi connectivity index (χ2n) is 11.9. The molecule has 2 unspecified atom stereocenters. The SMILES string of the molecule is CC(C)(O)C(=O)c1ccc(OCCOC(=O)/C=C\C(=O)O)cc1.CCC(OC)C(CC(=O)O)C(=O)OCCOc1ccc(C(=O)C(C)(C)O)cc1. The molecule has 0 fully saturated rings. The van der Waals surface area contributed by atoms with Gasteiger partial charge in [0.15, 0.2) is 11.6 Å². The molecule has 15 nitrogen and oxygen atoms in total. The van der Waals surface area contributed by atoms with Gasteiger partial charge in [-0.3, -0.25) is 19.2 Å². The van der Waals surface area contributed by atoms with Crippen LogP contribution >= 0.6 is 0 Å². The minimum absolute atomic E-state index is 0.0485. The summed E-state index contributed by atoms with van der Waals surface area (Å²) in [5.74, 6) is -4.52. The first-order valence-electron chi connectivity index (χ1n) is 15.8. The van der Waals surface area contributed by atoms with E-state index in [1.807, 2.05) is 0 Å². The molecule has 0 bridgehead atoms. The van der Waals surface area contributed by atoms with Gasteiger partial charge in [0.05, 0.1) is 18.4 Å². The molecule has 280 valence electrons. The second-order valence-corrected chi connectivity index (χ2v) is 11.9. The molecule has 51 heavy (non-hydrogen) atoms. The van der Waals surface area contributed by atoms with Gasteiger partial charge >= 0.3 is 23.9 Å². The quantitative estimate of drug-likeness (QED) is 0.0666. The molecule has 4 N–H and O–H groups in total. The maximum atomic E-state index is 12.2. The molecular weight excluding hydrogens is 672 g/mol. The fourth-order valence-corrected chi connectivity index (χ4v) is 4.18. The lowest BCUT2D eigenvalue weighted by Gasteiger charge is -2.22. The second kappa shape index (κ2) is 21.2. The van der Waals surface area contributed by atoms with Crippen LogP contribution in [0.2, 0.25) is 0 Å². The Kier molecular flexibility index (Phi) is 18.2. The number of methoxy groups -OCH3 is 1. The van der Waals surface area contributed by atoms with E-state index in [0.717, 1.165) is 6.08 Å². The molecule has 2 aromatic carbocycles. The van der Waals surface area contributed by atoms with E-state index in [4.69, 9.17) is 33.9 Å². The van der Waals surface area contributed by atoms with Crippen LogP contribution in [0, 0.1) is 5.92 Å². The van der Waals surface area contributed by atoms with Crippen molar-refractivity contribution < 1.29 is 72.9 Å². The van der Waals surface area contributed by atoms with Crippen molar-refractivity contribution in [3.63, 3.8) is 0 Å². The third kappa shape index (κ3) is 16.9. The van der Waals surface area contributed by atoms with Crippen LogP contribution in [0.4, 0.5) is 0 Å². The van der Waals surface area contributed by atoms with E-state index in [1.165, 1.54) is 59.1 Å². The number of aliphatic hydroxyl groups is 2. The molecule has 0 aliphatic carbocycles. The van der Waals surface area contributed by atoms with Crippen molar-refractivity contribution >= 4 is 35.4 Å². The normalized spacial score (nSPS) is 12.5. The standard InChI is InChI=1S/C20H28O8.C16H18O7/c1-5-16(26-4)15(12-17(21)22)19(24)28-11-10-27-14-8-6-13(7-9-14)18(23)20(2,3)25;1-16(2,21)15(20)11-3-5-12(6-4-11)22-9-10-23-14(19)8-7-13(17)18/h6-9,15-16,25H,5,10-12H2,1-4H3,(H,21,22);3-8,21H,9-10H2,1-2H3,(H,17,18)/b;8-7-. The minimum Gasteiger partial charge on any atom is -0.490 e. The third-order valence-corrected chi connectivity index (χ3v) is 6.75. The zero-order chi connectivity index (χ0) is 38.8. The van der Waals surface area contributed by atoms with Gasteiger partial charge in [-0.25, -0.2) is 9.59 Å². The highest BCUT2D eigenvalue weighted by Crippen LogP contribution is 2.20. The number of ether oxygens (including phenoxy) is 5. The van der Waals surface area contributed by atoms with Crippen molar-refractivity contribution in [3.8, 4) is 11.5 Å². The summed E-state index contributed by atoms with van der Waals surface area (Å²) in [6.45, 7) is 7.48. The number of carbonyl (C=O) groups is 6. The molecule has 2 atom stereocenters. The number of benzene rings is 2. The molecule has 2 rings (SSSR count). The molecule has 0 aliphatic heterocycles. The van der Waals surface area contributed by atoms with Crippen LogP contribution in [0.3, 0.4) is 0 Å². The van der Waals surface area contributed by atoms with Gasteiger partial charge in [0, 0.05) is 30.4 Å². The van der Waals surface area contributed by atoms with E-state index >= 15 is 0 Å². The van der Waals surface area contributed by atoms with Crippen molar-refractivity contribution in [2.45, 2.75) is 64.8 Å². The minimum atomic E-state index is -1.46. The highest BCUT2D eigenvalue weighted by Gasteiger charge is 2.31. The predicted molar refractivity (Wildman–Crippen MR) is 181 cm³/mol. The van der Waals surface area contributed by atoms with E-state index < -0.39 is 58.7 Å². The smallest absolute Gasteiger partial charge is 0.331 e. The molecule has 0 saturated carbocycles. The van der Waals surface area contributed by atoms with Gasteiger partial charge in [0.25, 0.3) is 0 Å². The Morgan fingerprint density at radius 3 is 1.47 bits per heavy atom. The fraction of sp³-hybridized carbons (Fsp3) is 0.444. The number of aliphatic carboxylic acids is 2. The number of esters is 2. The maximum absolute atomic E-state index is 12.2. The Labute approximate surface area is 295 Å². The first-order valence-corrected chi connectivity index (χ1v) is 15.8. The average molecular weight is 719 g/mol. The van der Waals surface area contributed by atoms with E-state index in [2.05, 4.69) is 0 Å². The van der Waals surface area contributed by atoms with E-state index in [1.54, 1.807) is 31.2 Å². The predicted octanol–water partition coefficient (Wildman–Crippen LogP) is 3.28. The van der Waals surface area contributed by atoms with Gasteiger partial charge in [-0.15, -0.1) is 0 Å². The van der Waals surface area contributed by atoms with Crippen molar-refractivity contribution in [1.82, 2.24) is 0 Å². The van der Waals surface area contributed by atoms with Gasteiger partial charge in [-0.05, 0) is 82.6 Å². The van der Waals surface area contributed by atoms with E-state index in [9.17, 15) is 39.0 Å². The molecular formula is C36H46O15. The van der Waals surface area contributed by atoms with Crippen LogP contribution in [0.25, 0.3) is 0 Å². The Bertz CT molecular complexity index is 1480. The van der Waals surface area contributed by atoms with Crippen molar-refractivity contribution in [2.24, 2.45) is 5.92 Å². The number of rotatable bonds is 20. The van der Waals surface area contributed by atoms with E-state index in [-0.39, 0.29) is 32.8 Å². The fourth-order valence-electron chi connectivity index (χ4n) is 4.18. The van der Waals surface area contributed by atoms with Crippen LogP contribution in [0.1, 0.15) is 68.2 Å². The molecule has 0 aliphatic rings. The van der Waals surface area contributed by atoms with Gasteiger partial charge in [0.2, 0.25) is 0 Å². The summed E-state index contributed by atoms with van der Waals surface area (Å²) in [7, 11) is 1.42. The number of carboxylic acids is 2. The lowest BCUT2D eigenvalue weighted by Crippen LogP contribution is -2.33. The van der Waals surface area contributed by atoms with E-state index in [0.29, 0.717) is 35.1 Å². The summed E-state index contributed by atoms with van der Waals surface area (Å²) < 4.78 is 25.8. The van der Waals surface area contributed by atoms with Crippen LogP contribution in [-0.4, -0.2) is 107 Å². The van der Waals surface area contributed by atoms with Gasteiger partial charge in [-0.2, -0.15) is 0 Å². The molecule has 0 radical (unpaired) electrons. The topological polar surface area (TPSA) is 229 Å². The van der Waals surface area contributed by atoms with Crippen molar-refractivity contribution in [3.05, 3.63) is 71.8 Å². The lowest BCUT2D eigenvalue weighted by atomic mass is 9.96. The Hall–Kier alpha value is -5.12. The number of Topliss-reactive ketones (excluding diaryl/α,β-unsaturated/α-hetero) is 2. The van der Waals surface area contributed by atoms with Crippen molar-refractivity contribution in [1.29, 1.82) is 0 Å². The summed E-state index contributed by atoms with van der Waals surface area (Å²) in [4.78, 5) is 68.2. The molecule has 0 amide bonds. The van der Waals surface area contributed by atoms with Crippen LogP contribution in [-0.2, 0) is 33.4 Å². The number of hydrogen-bond acceptors (Lipinski definition) is 13. The summed E-state index contributed by atoms with van der Waals surface area (Å²) in [6, 6.07) is 12.4. The zero-order valence-corrected chi connectivity index (χ0v) is 29.5. The monoisotopic (exact) mass is 718 g/mol. The van der Waals surface area contributed by atoms with Gasteiger partial charge in [0.1, 0.15) is 49.1 Å². The summed E-state index contributed by atoms with van der Waals surface area (Å²) >= 11 is 0. The molecule has 0 heterocycles. The molecule has 0 aromatic heterocycles. The first kappa shape index (κ1) is 43.9. The van der Waals surface area contributed by atoms with Gasteiger partial charge < -0.3 is 44.1 Å². The summed E-state index contributed by atoms with van der Waals surface area (Å²) in [6.07, 6.45) is 1.06. The van der Waals surface area contributed by atoms with Crippen LogP contribution in [0.5, 0.6) is 11.5 Å². The largest absolute Gasteiger partial charge is 0.490 e. The van der Waals surface area contributed by atoms with Crippen LogP contribution < -0.4 is 9.47 Å². The maximum Gasteiger partial charge on any atom is 0.331 e. The Morgan fingerprint density at radius 1 is 0.686 bits per heavy atom. The van der Waals surface area contributed by atoms with Gasteiger partial charge in [-0.1, -0.05) is 6.92 Å². The number of carboxylic acid groups (broad SMARTS) is 2. The third-order valence-electron chi connectivity index (χ3n) is 6.75. The first-order chi connectivity index (χ1) is 23.8. The zero-order valence-electron chi connectivity index (χ0n) is 29.5. The lowest BCUT2D eigenvalue weighted by molar-refractivity contribution is -0.159. The Balaban J connectivity index is 0.000000520. The highest BCUT2D eigenvalue weighted by atomic mass is 16.6. The molecule has 0 spiro atoms.